The van der Waals surface area contributed by atoms with Gasteiger partial charge in [0.15, 0.2) is 5.76 Å². The Bertz CT molecular complexity index is 1290. The number of likely N-dealkylation sites (tertiary alicyclic amines) is 1. The summed E-state index contributed by atoms with van der Waals surface area (Å²) < 4.78 is 20.4. The van der Waals surface area contributed by atoms with Crippen LogP contribution >= 0.6 is 0 Å². The number of aromatic nitrogens is 2. The van der Waals surface area contributed by atoms with Gasteiger partial charge in [-0.25, -0.2) is 9.07 Å². The molecule has 7 nitrogen and oxygen atoms in total. The maximum Gasteiger partial charge on any atom is 0.289 e. The quantitative estimate of drug-likeness (QED) is 0.450. The molecule has 0 bridgehead atoms. The predicted molar refractivity (Wildman–Crippen MR) is 128 cm³/mol. The molecule has 8 heteroatoms. The molecule has 3 heterocycles. The summed E-state index contributed by atoms with van der Waals surface area (Å²) in [5, 5.41) is 7.75. The zero-order valence-electron chi connectivity index (χ0n) is 19.1. The number of amides is 2. The highest BCUT2D eigenvalue weighted by Gasteiger charge is 2.29. The second kappa shape index (κ2) is 9.97. The van der Waals surface area contributed by atoms with E-state index in [0.29, 0.717) is 43.9 Å². The van der Waals surface area contributed by atoms with Gasteiger partial charge in [-0.15, -0.1) is 0 Å². The summed E-state index contributed by atoms with van der Waals surface area (Å²) >= 11 is 0. The summed E-state index contributed by atoms with van der Waals surface area (Å²) in [6.45, 7) is 1.30. The van der Waals surface area contributed by atoms with Crippen LogP contribution in [0.15, 0.2) is 83.6 Å². The molecule has 1 aliphatic heterocycles. The van der Waals surface area contributed by atoms with E-state index in [1.165, 1.54) is 18.4 Å². The van der Waals surface area contributed by atoms with Crippen LogP contribution in [-0.2, 0) is 11.3 Å². The molecule has 2 aromatic carbocycles. The van der Waals surface area contributed by atoms with Gasteiger partial charge in [0.1, 0.15) is 5.82 Å². The molecular formula is C27H25FN4O3. The number of furan rings is 1. The summed E-state index contributed by atoms with van der Waals surface area (Å²) in [5.41, 5.74) is 3.18. The first-order chi connectivity index (χ1) is 17.1. The first-order valence-corrected chi connectivity index (χ1v) is 11.6. The number of carbonyl (C=O) groups excluding carboxylic acids is 2. The number of nitrogens with one attached hydrogen (secondary N) is 1. The molecule has 35 heavy (non-hydrogen) atoms. The van der Waals surface area contributed by atoms with Gasteiger partial charge in [0.2, 0.25) is 5.91 Å². The third kappa shape index (κ3) is 5.01. The van der Waals surface area contributed by atoms with Gasteiger partial charge in [0, 0.05) is 42.9 Å². The molecule has 1 saturated heterocycles. The Labute approximate surface area is 202 Å². The first kappa shape index (κ1) is 22.6. The van der Waals surface area contributed by atoms with Crippen molar-refractivity contribution in [3.05, 3.63) is 96.3 Å². The first-order valence-electron chi connectivity index (χ1n) is 11.6. The van der Waals surface area contributed by atoms with Gasteiger partial charge in [-0.2, -0.15) is 5.10 Å². The molecular weight excluding hydrogens is 447 g/mol. The fraction of sp³-hybridized carbons (Fsp3) is 0.222. The van der Waals surface area contributed by atoms with E-state index in [-0.39, 0.29) is 23.5 Å². The van der Waals surface area contributed by atoms with Crippen LogP contribution in [0.3, 0.4) is 0 Å². The smallest absolute Gasteiger partial charge is 0.289 e. The zero-order chi connectivity index (χ0) is 24.2. The number of rotatable bonds is 6. The Morgan fingerprint density at radius 3 is 2.43 bits per heavy atom. The molecule has 1 N–H and O–H groups in total. The molecule has 2 aromatic heterocycles. The number of nitrogens with zero attached hydrogens (tertiary/aromatic N) is 3. The molecule has 0 radical (unpaired) electrons. The fourth-order valence-corrected chi connectivity index (χ4v) is 4.33. The monoisotopic (exact) mass is 472 g/mol. The molecule has 0 unspecified atom stereocenters. The van der Waals surface area contributed by atoms with Crippen molar-refractivity contribution >= 4 is 11.8 Å². The Kier molecular flexibility index (Phi) is 6.43. The van der Waals surface area contributed by atoms with E-state index in [0.717, 1.165) is 16.8 Å². The van der Waals surface area contributed by atoms with Crippen LogP contribution in [0.1, 0.15) is 29.0 Å². The second-order valence-corrected chi connectivity index (χ2v) is 8.55. The highest BCUT2D eigenvalue weighted by molar-refractivity contribution is 5.91. The van der Waals surface area contributed by atoms with Crippen molar-refractivity contribution in [1.29, 1.82) is 0 Å². The van der Waals surface area contributed by atoms with Gasteiger partial charge in [0.05, 0.1) is 17.6 Å². The van der Waals surface area contributed by atoms with Gasteiger partial charge in [-0.3, -0.25) is 9.59 Å². The average Bonchev–Trinajstić information content (AvgIpc) is 3.59. The van der Waals surface area contributed by atoms with Crippen molar-refractivity contribution in [2.45, 2.75) is 19.4 Å². The van der Waals surface area contributed by atoms with Crippen molar-refractivity contribution in [3.8, 4) is 16.9 Å². The van der Waals surface area contributed by atoms with Crippen molar-refractivity contribution in [3.63, 3.8) is 0 Å². The number of hydrogen-bond donors (Lipinski definition) is 1. The molecule has 1 aliphatic rings. The molecule has 0 spiro atoms. The van der Waals surface area contributed by atoms with E-state index < -0.39 is 0 Å². The minimum absolute atomic E-state index is 0.0485. The summed E-state index contributed by atoms with van der Waals surface area (Å²) in [5.74, 6) is -0.368. The van der Waals surface area contributed by atoms with E-state index in [4.69, 9.17) is 9.52 Å². The molecule has 4 aromatic rings. The second-order valence-electron chi connectivity index (χ2n) is 8.55. The molecule has 5 rings (SSSR count). The van der Waals surface area contributed by atoms with E-state index in [1.54, 1.807) is 33.8 Å². The van der Waals surface area contributed by atoms with Crippen molar-refractivity contribution in [2.75, 3.05) is 13.1 Å². The summed E-state index contributed by atoms with van der Waals surface area (Å²) in [4.78, 5) is 27.1. The standard InChI is InChI=1S/C27H25FN4O3/c28-22-10-8-19(9-11-22)25-21(18-32(30-25)23-5-2-1-3-6-23)17-29-26(33)20-12-14-31(15-13-20)27(34)24-7-4-16-35-24/h1-11,16,18,20H,12-15,17H2,(H,29,33). The van der Waals surface area contributed by atoms with Gasteiger partial charge >= 0.3 is 0 Å². The normalized spacial score (nSPS) is 14.1. The number of para-hydroxylation sites is 1. The molecule has 0 atom stereocenters. The summed E-state index contributed by atoms with van der Waals surface area (Å²) in [7, 11) is 0. The topological polar surface area (TPSA) is 80.4 Å². The van der Waals surface area contributed by atoms with Crippen LogP contribution in [0.5, 0.6) is 0 Å². The van der Waals surface area contributed by atoms with Crippen LogP contribution in [0.2, 0.25) is 0 Å². The number of carbonyl (C=O) groups is 2. The van der Waals surface area contributed by atoms with E-state index in [2.05, 4.69) is 5.32 Å². The SMILES string of the molecule is O=C(NCc1cn(-c2ccccc2)nc1-c1ccc(F)cc1)C1CCN(C(=O)c2ccco2)CC1. The zero-order valence-corrected chi connectivity index (χ0v) is 19.1. The number of hydrogen-bond acceptors (Lipinski definition) is 4. The molecule has 0 saturated carbocycles. The molecule has 178 valence electrons. The van der Waals surface area contributed by atoms with Crippen molar-refractivity contribution < 1.29 is 18.4 Å². The number of benzene rings is 2. The Balaban J connectivity index is 1.26. The third-order valence-corrected chi connectivity index (χ3v) is 6.27. The minimum Gasteiger partial charge on any atom is -0.459 e. The molecule has 0 aliphatic carbocycles. The van der Waals surface area contributed by atoms with E-state index >= 15 is 0 Å². The third-order valence-electron chi connectivity index (χ3n) is 6.27. The maximum absolute atomic E-state index is 13.5. The summed E-state index contributed by atoms with van der Waals surface area (Å²) in [6, 6.07) is 19.2. The number of piperidine rings is 1. The van der Waals surface area contributed by atoms with Crippen LogP contribution in [-0.4, -0.2) is 39.6 Å². The van der Waals surface area contributed by atoms with Crippen LogP contribution in [0.4, 0.5) is 4.39 Å². The largest absolute Gasteiger partial charge is 0.459 e. The molecule has 1 fully saturated rings. The average molecular weight is 473 g/mol. The van der Waals surface area contributed by atoms with Gasteiger partial charge in [0.25, 0.3) is 5.91 Å². The lowest BCUT2D eigenvalue weighted by atomic mass is 9.95. The lowest BCUT2D eigenvalue weighted by Gasteiger charge is -2.30. The predicted octanol–water partition coefficient (Wildman–Crippen LogP) is 4.44. The minimum atomic E-state index is -0.317. The van der Waals surface area contributed by atoms with Crippen molar-refractivity contribution in [2.24, 2.45) is 5.92 Å². The maximum atomic E-state index is 13.5. The van der Waals surface area contributed by atoms with E-state index in [9.17, 15) is 14.0 Å². The fourth-order valence-electron chi connectivity index (χ4n) is 4.33. The highest BCUT2D eigenvalue weighted by atomic mass is 19.1. The number of halogens is 1. The highest BCUT2D eigenvalue weighted by Crippen LogP contribution is 2.25. The lowest BCUT2D eigenvalue weighted by Crippen LogP contribution is -2.42. The Morgan fingerprint density at radius 2 is 1.74 bits per heavy atom. The van der Waals surface area contributed by atoms with Crippen LogP contribution in [0.25, 0.3) is 16.9 Å². The van der Waals surface area contributed by atoms with E-state index in [1.807, 2.05) is 36.5 Å². The van der Waals surface area contributed by atoms with Gasteiger partial charge in [-0.1, -0.05) is 18.2 Å². The Hall–Kier alpha value is -4.20. The molecule has 2 amide bonds. The van der Waals surface area contributed by atoms with Crippen LogP contribution < -0.4 is 5.32 Å². The van der Waals surface area contributed by atoms with Crippen molar-refractivity contribution in [1.82, 2.24) is 20.0 Å². The Morgan fingerprint density at radius 1 is 1.00 bits per heavy atom. The van der Waals surface area contributed by atoms with Gasteiger partial charge in [-0.05, 0) is 61.4 Å². The van der Waals surface area contributed by atoms with Gasteiger partial charge < -0.3 is 14.6 Å². The van der Waals surface area contributed by atoms with Crippen LogP contribution in [0, 0.1) is 11.7 Å². The lowest BCUT2D eigenvalue weighted by molar-refractivity contribution is -0.126. The summed E-state index contributed by atoms with van der Waals surface area (Å²) in [6.07, 6.45) is 4.55.